The molecule has 1 atom stereocenters. The Morgan fingerprint density at radius 3 is 2.63 bits per heavy atom. The number of fused-ring (bicyclic) bond motifs is 3. The van der Waals surface area contributed by atoms with Gasteiger partial charge in [-0.15, -0.1) is 0 Å². The molecule has 1 aromatic carbocycles. The maximum atomic E-state index is 13.3. The van der Waals surface area contributed by atoms with Gasteiger partial charge >= 0.3 is 0 Å². The number of carbonyl (C=O) groups is 1. The van der Waals surface area contributed by atoms with Crippen LogP contribution in [0.2, 0.25) is 0 Å². The van der Waals surface area contributed by atoms with Crippen molar-refractivity contribution in [3.8, 4) is 0 Å². The highest BCUT2D eigenvalue weighted by Crippen LogP contribution is 2.28. The minimum atomic E-state index is -0.0117. The molecule has 0 bridgehead atoms. The van der Waals surface area contributed by atoms with Crippen LogP contribution in [-0.4, -0.2) is 57.4 Å². The fourth-order valence-electron chi connectivity index (χ4n) is 5.61. The summed E-state index contributed by atoms with van der Waals surface area (Å²) < 4.78 is 2.15. The van der Waals surface area contributed by atoms with Crippen molar-refractivity contribution in [1.29, 1.82) is 0 Å². The number of nitrogens with zero attached hydrogens (tertiary/aromatic N) is 5. The van der Waals surface area contributed by atoms with E-state index in [1.165, 1.54) is 5.56 Å². The smallest absolute Gasteiger partial charge is 0.225 e. The number of anilines is 1. The molecule has 7 nitrogen and oxygen atoms in total. The molecule has 2 fully saturated rings. The molecule has 6 rings (SSSR count). The van der Waals surface area contributed by atoms with Crippen LogP contribution in [0.4, 0.5) is 5.82 Å². The molecule has 5 heterocycles. The number of rotatable bonds is 5. The average molecular weight is 469 g/mol. The zero-order valence-corrected chi connectivity index (χ0v) is 20.0. The summed E-state index contributed by atoms with van der Waals surface area (Å²) in [6, 6.07) is 19.0. The number of benzene rings is 1. The molecule has 0 radical (unpaired) electrons. The lowest BCUT2D eigenvalue weighted by atomic mass is 9.95. The van der Waals surface area contributed by atoms with Crippen molar-refractivity contribution in [3.05, 3.63) is 72.6 Å². The summed E-state index contributed by atoms with van der Waals surface area (Å²) in [7, 11) is 0. The first-order chi connectivity index (χ1) is 17.2. The van der Waals surface area contributed by atoms with Gasteiger partial charge < -0.3 is 14.6 Å². The largest absolute Gasteiger partial charge is 0.354 e. The Bertz CT molecular complexity index is 1310. The van der Waals surface area contributed by atoms with Gasteiger partial charge in [0, 0.05) is 51.2 Å². The molecule has 1 N–H and O–H groups in total. The Kier molecular flexibility index (Phi) is 6.08. The van der Waals surface area contributed by atoms with Gasteiger partial charge in [-0.05, 0) is 55.5 Å². The first kappa shape index (κ1) is 22.0. The SMILES string of the molecule is O=C(NC1CCN(Cc2ccccc2)CC1)[C@@H]1CCCN(c2nc3ncccc3n3cccc23)C1. The first-order valence-electron chi connectivity index (χ1n) is 12.8. The number of hydrogen-bond acceptors (Lipinski definition) is 5. The molecule has 0 spiro atoms. The van der Waals surface area contributed by atoms with Gasteiger partial charge in [0.05, 0.1) is 17.0 Å². The third kappa shape index (κ3) is 4.60. The lowest BCUT2D eigenvalue weighted by Gasteiger charge is -2.36. The summed E-state index contributed by atoms with van der Waals surface area (Å²) in [4.78, 5) is 27.4. The second-order valence-electron chi connectivity index (χ2n) is 9.87. The van der Waals surface area contributed by atoms with E-state index in [1.54, 1.807) is 6.20 Å². The van der Waals surface area contributed by atoms with E-state index in [1.807, 2.05) is 18.2 Å². The molecule has 0 saturated carbocycles. The van der Waals surface area contributed by atoms with Crippen molar-refractivity contribution in [2.45, 2.75) is 38.3 Å². The molecule has 35 heavy (non-hydrogen) atoms. The molecule has 7 heteroatoms. The summed E-state index contributed by atoms with van der Waals surface area (Å²) in [5.74, 6) is 1.11. The molecule has 0 unspecified atom stereocenters. The molecule has 1 amide bonds. The van der Waals surface area contributed by atoms with E-state index in [0.717, 1.165) is 74.4 Å². The molecule has 4 aromatic rings. The summed E-state index contributed by atoms with van der Waals surface area (Å²) in [6.45, 7) is 4.65. The zero-order chi connectivity index (χ0) is 23.6. The number of likely N-dealkylation sites (tertiary alicyclic amines) is 1. The Morgan fingerprint density at radius 2 is 1.77 bits per heavy atom. The standard InChI is InChI=1S/C28H32N6O/c35-28(30-23-12-17-32(18-13-23)19-21-7-2-1-3-8-21)22-9-5-15-33(20-22)27-25-11-6-16-34(25)24-10-4-14-29-26(24)31-27/h1-4,6-8,10-11,14,16,22-23H,5,9,12-13,15,17-20H2,(H,30,35)/t22-/m1/s1. The molecule has 3 aromatic heterocycles. The minimum absolute atomic E-state index is 0.0117. The quantitative estimate of drug-likeness (QED) is 0.482. The third-order valence-electron chi connectivity index (χ3n) is 7.49. The van der Waals surface area contributed by atoms with Crippen LogP contribution in [0, 0.1) is 5.92 Å². The fraction of sp³-hybridized carbons (Fsp3) is 0.393. The number of hydrogen-bond donors (Lipinski definition) is 1. The van der Waals surface area contributed by atoms with Gasteiger partial charge in [0.15, 0.2) is 11.5 Å². The summed E-state index contributed by atoms with van der Waals surface area (Å²) >= 11 is 0. The fourth-order valence-corrected chi connectivity index (χ4v) is 5.61. The van der Waals surface area contributed by atoms with E-state index in [2.05, 4.69) is 67.1 Å². The Labute approximate surface area is 205 Å². The predicted octanol–water partition coefficient (Wildman–Crippen LogP) is 3.88. The van der Waals surface area contributed by atoms with Crippen LogP contribution in [0.15, 0.2) is 67.0 Å². The van der Waals surface area contributed by atoms with Crippen molar-refractivity contribution >= 4 is 28.4 Å². The van der Waals surface area contributed by atoms with E-state index in [-0.39, 0.29) is 17.9 Å². The van der Waals surface area contributed by atoms with E-state index in [9.17, 15) is 4.79 Å². The van der Waals surface area contributed by atoms with Crippen LogP contribution in [0.25, 0.3) is 16.7 Å². The Morgan fingerprint density at radius 1 is 0.943 bits per heavy atom. The monoisotopic (exact) mass is 468 g/mol. The molecule has 2 aliphatic rings. The van der Waals surface area contributed by atoms with Gasteiger partial charge in [0.25, 0.3) is 0 Å². The summed E-state index contributed by atoms with van der Waals surface area (Å²) in [5, 5.41) is 3.38. The van der Waals surface area contributed by atoms with Gasteiger partial charge in [-0.3, -0.25) is 9.69 Å². The number of amides is 1. The lowest BCUT2D eigenvalue weighted by Crippen LogP contribution is -2.49. The number of pyridine rings is 1. The van der Waals surface area contributed by atoms with Gasteiger partial charge in [-0.1, -0.05) is 30.3 Å². The zero-order valence-electron chi connectivity index (χ0n) is 20.0. The predicted molar refractivity (Wildman–Crippen MR) is 138 cm³/mol. The van der Waals surface area contributed by atoms with E-state index in [4.69, 9.17) is 4.98 Å². The third-order valence-corrected chi connectivity index (χ3v) is 7.49. The topological polar surface area (TPSA) is 65.8 Å². The molecule has 0 aliphatic carbocycles. The van der Waals surface area contributed by atoms with Crippen LogP contribution >= 0.6 is 0 Å². The highest BCUT2D eigenvalue weighted by Gasteiger charge is 2.30. The lowest BCUT2D eigenvalue weighted by molar-refractivity contribution is -0.126. The number of piperidine rings is 2. The van der Waals surface area contributed by atoms with Crippen LogP contribution in [0.5, 0.6) is 0 Å². The molecular weight excluding hydrogens is 436 g/mol. The van der Waals surface area contributed by atoms with Crippen molar-refractivity contribution in [2.24, 2.45) is 5.92 Å². The van der Waals surface area contributed by atoms with Crippen LogP contribution in [0.1, 0.15) is 31.2 Å². The van der Waals surface area contributed by atoms with Crippen molar-refractivity contribution in [2.75, 3.05) is 31.1 Å². The van der Waals surface area contributed by atoms with Gasteiger partial charge in [0.1, 0.15) is 0 Å². The maximum Gasteiger partial charge on any atom is 0.225 e. The van der Waals surface area contributed by atoms with Crippen LogP contribution in [0.3, 0.4) is 0 Å². The van der Waals surface area contributed by atoms with E-state index >= 15 is 0 Å². The van der Waals surface area contributed by atoms with Gasteiger partial charge in [-0.25, -0.2) is 9.97 Å². The van der Waals surface area contributed by atoms with E-state index < -0.39 is 0 Å². The molecule has 2 saturated heterocycles. The number of aromatic nitrogens is 3. The second kappa shape index (κ2) is 9.66. The van der Waals surface area contributed by atoms with E-state index in [0.29, 0.717) is 6.54 Å². The number of nitrogens with one attached hydrogen (secondary N) is 1. The maximum absolute atomic E-state index is 13.3. The molecule has 2 aliphatic heterocycles. The highest BCUT2D eigenvalue weighted by atomic mass is 16.2. The van der Waals surface area contributed by atoms with Gasteiger partial charge in [-0.2, -0.15) is 0 Å². The van der Waals surface area contributed by atoms with Crippen molar-refractivity contribution in [3.63, 3.8) is 0 Å². The summed E-state index contributed by atoms with van der Waals surface area (Å²) in [6.07, 6.45) is 7.78. The second-order valence-corrected chi connectivity index (χ2v) is 9.87. The van der Waals surface area contributed by atoms with Crippen molar-refractivity contribution in [1.82, 2.24) is 24.6 Å². The summed E-state index contributed by atoms with van der Waals surface area (Å²) in [5.41, 5.74) is 4.16. The Hall–Kier alpha value is -3.45. The number of carbonyl (C=O) groups excluding carboxylic acids is 1. The normalized spacial score (nSPS) is 19.9. The minimum Gasteiger partial charge on any atom is -0.354 e. The van der Waals surface area contributed by atoms with Crippen LogP contribution in [-0.2, 0) is 11.3 Å². The average Bonchev–Trinajstić information content (AvgIpc) is 3.40. The highest BCUT2D eigenvalue weighted by molar-refractivity contribution is 5.84. The van der Waals surface area contributed by atoms with Crippen molar-refractivity contribution < 1.29 is 4.79 Å². The first-order valence-corrected chi connectivity index (χ1v) is 12.8. The molecular formula is C28H32N6O. The molecule has 180 valence electrons. The van der Waals surface area contributed by atoms with Crippen LogP contribution < -0.4 is 10.2 Å². The van der Waals surface area contributed by atoms with Gasteiger partial charge in [0.2, 0.25) is 5.91 Å². The Balaban J connectivity index is 1.09.